The molecule has 4 nitrogen and oxygen atoms in total. The molecule has 2 N–H and O–H groups in total. The molecule has 4 atom stereocenters. The Morgan fingerprint density at radius 1 is 1.12 bits per heavy atom. The molecule has 0 spiro atoms. The lowest BCUT2D eigenvalue weighted by molar-refractivity contribution is -0.0520. The molecule has 0 unspecified atom stereocenters. The SMILES string of the molecule is COc1ccc(CO[C@H]2CCC(C)(C)[C@H]3[C@@H](C(CO)CO)[C@@]23C)cc1. The van der Waals surface area contributed by atoms with Gasteiger partial charge in [-0.1, -0.05) is 32.9 Å². The maximum Gasteiger partial charge on any atom is 0.118 e. The van der Waals surface area contributed by atoms with E-state index in [-0.39, 0.29) is 36.1 Å². The van der Waals surface area contributed by atoms with E-state index in [1.165, 1.54) is 0 Å². The Labute approximate surface area is 151 Å². The zero-order valence-electron chi connectivity index (χ0n) is 15.9. The van der Waals surface area contributed by atoms with E-state index in [1.54, 1.807) is 7.11 Å². The van der Waals surface area contributed by atoms with Crippen molar-refractivity contribution >= 4 is 0 Å². The molecular weight excluding hydrogens is 316 g/mol. The molecule has 1 aromatic rings. The fraction of sp³-hybridized carbons (Fsp3) is 0.714. The molecule has 1 aromatic carbocycles. The third kappa shape index (κ3) is 3.20. The van der Waals surface area contributed by atoms with Crippen LogP contribution in [0.4, 0.5) is 0 Å². The third-order valence-corrected chi connectivity index (χ3v) is 6.81. The average molecular weight is 348 g/mol. The summed E-state index contributed by atoms with van der Waals surface area (Å²) < 4.78 is 11.6. The molecule has 0 aromatic heterocycles. The van der Waals surface area contributed by atoms with Gasteiger partial charge in [0.25, 0.3) is 0 Å². The number of aliphatic hydroxyl groups excluding tert-OH is 2. The maximum atomic E-state index is 9.70. The molecule has 2 fully saturated rings. The lowest BCUT2D eigenvalue weighted by Crippen LogP contribution is -2.35. The summed E-state index contributed by atoms with van der Waals surface area (Å²) in [6.45, 7) is 7.62. The predicted octanol–water partition coefficient (Wildman–Crippen LogP) is 3.25. The van der Waals surface area contributed by atoms with Gasteiger partial charge in [0, 0.05) is 24.5 Å². The van der Waals surface area contributed by atoms with Gasteiger partial charge in [-0.3, -0.25) is 0 Å². The van der Waals surface area contributed by atoms with Crippen molar-refractivity contribution in [3.05, 3.63) is 29.8 Å². The van der Waals surface area contributed by atoms with Crippen molar-refractivity contribution in [2.24, 2.45) is 28.6 Å². The second-order valence-electron chi connectivity index (χ2n) is 8.67. The summed E-state index contributed by atoms with van der Waals surface area (Å²) in [6, 6.07) is 8.00. The zero-order valence-corrected chi connectivity index (χ0v) is 15.9. The highest BCUT2D eigenvalue weighted by Crippen LogP contribution is 2.74. The lowest BCUT2D eigenvalue weighted by Gasteiger charge is -2.38. The van der Waals surface area contributed by atoms with E-state index >= 15 is 0 Å². The highest BCUT2D eigenvalue weighted by molar-refractivity contribution is 5.27. The maximum absolute atomic E-state index is 9.70. The minimum atomic E-state index is -0.0422. The van der Waals surface area contributed by atoms with Crippen molar-refractivity contribution in [3.63, 3.8) is 0 Å². The Kier molecular flexibility index (Phi) is 5.16. The number of rotatable bonds is 7. The predicted molar refractivity (Wildman–Crippen MR) is 97.3 cm³/mol. The first-order valence-corrected chi connectivity index (χ1v) is 9.34. The van der Waals surface area contributed by atoms with Crippen molar-refractivity contribution in [1.29, 1.82) is 0 Å². The monoisotopic (exact) mass is 348 g/mol. The van der Waals surface area contributed by atoms with Crippen LogP contribution in [0.1, 0.15) is 39.2 Å². The molecule has 0 saturated heterocycles. The number of benzene rings is 1. The molecule has 2 saturated carbocycles. The highest BCUT2D eigenvalue weighted by Gasteiger charge is 2.73. The van der Waals surface area contributed by atoms with Crippen LogP contribution in [0.15, 0.2) is 24.3 Å². The first-order valence-electron chi connectivity index (χ1n) is 9.34. The summed E-state index contributed by atoms with van der Waals surface area (Å²) in [6.07, 6.45) is 2.34. The van der Waals surface area contributed by atoms with Crippen LogP contribution in [-0.4, -0.2) is 36.6 Å². The Bertz CT molecular complexity index is 578. The van der Waals surface area contributed by atoms with Gasteiger partial charge in [-0.2, -0.15) is 0 Å². The lowest BCUT2D eigenvalue weighted by atomic mass is 9.71. The van der Waals surface area contributed by atoms with Crippen LogP contribution < -0.4 is 4.74 Å². The van der Waals surface area contributed by atoms with Gasteiger partial charge in [-0.25, -0.2) is 0 Å². The van der Waals surface area contributed by atoms with Crippen molar-refractivity contribution in [3.8, 4) is 5.75 Å². The standard InChI is InChI=1S/C21H32O4/c1-20(2)10-9-17(21(3)18(19(20)21)15(11-22)12-23)25-13-14-5-7-16(24-4)8-6-14/h5-8,15,17-19,22-23H,9-13H2,1-4H3/t17-,18+,19+,21+/m0/s1. The molecule has 0 amide bonds. The number of aliphatic hydroxyl groups is 2. The van der Waals surface area contributed by atoms with E-state index < -0.39 is 0 Å². The van der Waals surface area contributed by atoms with Crippen molar-refractivity contribution in [1.82, 2.24) is 0 Å². The summed E-state index contributed by atoms with van der Waals surface area (Å²) in [4.78, 5) is 0. The number of ether oxygens (including phenoxy) is 2. The largest absolute Gasteiger partial charge is 0.497 e. The minimum Gasteiger partial charge on any atom is -0.497 e. The van der Waals surface area contributed by atoms with Crippen LogP contribution in [0.25, 0.3) is 0 Å². The zero-order chi connectivity index (χ0) is 18.2. The fourth-order valence-corrected chi connectivity index (χ4v) is 5.53. The summed E-state index contributed by atoms with van der Waals surface area (Å²) in [7, 11) is 1.67. The molecule has 2 aliphatic carbocycles. The molecule has 0 radical (unpaired) electrons. The van der Waals surface area contributed by atoms with E-state index in [0.29, 0.717) is 18.4 Å². The molecule has 2 aliphatic rings. The highest BCUT2D eigenvalue weighted by atomic mass is 16.5. The van der Waals surface area contributed by atoms with Crippen LogP contribution in [0.3, 0.4) is 0 Å². The number of hydrogen-bond acceptors (Lipinski definition) is 4. The summed E-state index contributed by atoms with van der Waals surface area (Å²) in [5.41, 5.74) is 1.43. The first kappa shape index (κ1) is 18.7. The number of methoxy groups -OCH3 is 1. The second-order valence-corrected chi connectivity index (χ2v) is 8.67. The minimum absolute atomic E-state index is 0.0422. The fourth-order valence-electron chi connectivity index (χ4n) is 5.53. The summed E-state index contributed by atoms with van der Waals surface area (Å²) >= 11 is 0. The van der Waals surface area contributed by atoms with Crippen molar-refractivity contribution in [2.75, 3.05) is 20.3 Å². The van der Waals surface area contributed by atoms with E-state index in [9.17, 15) is 10.2 Å². The van der Waals surface area contributed by atoms with E-state index in [1.807, 2.05) is 24.3 Å². The number of fused-ring (bicyclic) bond motifs is 1. The van der Waals surface area contributed by atoms with Crippen molar-refractivity contribution in [2.45, 2.75) is 46.3 Å². The molecule has 4 heteroatoms. The van der Waals surface area contributed by atoms with Gasteiger partial charge in [-0.15, -0.1) is 0 Å². The van der Waals surface area contributed by atoms with Crippen LogP contribution >= 0.6 is 0 Å². The Balaban J connectivity index is 1.71. The molecule has 3 rings (SSSR count). The van der Waals surface area contributed by atoms with Gasteiger partial charge in [0.05, 0.1) is 19.8 Å². The Hall–Kier alpha value is -1.10. The summed E-state index contributed by atoms with van der Waals surface area (Å²) in [5.74, 6) is 1.64. The normalized spacial score (nSPS) is 33.2. The van der Waals surface area contributed by atoms with Crippen LogP contribution in [0, 0.1) is 28.6 Å². The van der Waals surface area contributed by atoms with Crippen LogP contribution in [0.2, 0.25) is 0 Å². The van der Waals surface area contributed by atoms with Crippen molar-refractivity contribution < 1.29 is 19.7 Å². The van der Waals surface area contributed by atoms with Crippen LogP contribution in [-0.2, 0) is 11.3 Å². The third-order valence-electron chi connectivity index (χ3n) is 6.81. The molecular formula is C21H32O4. The van der Waals surface area contributed by atoms with Gasteiger partial charge in [0.1, 0.15) is 5.75 Å². The van der Waals surface area contributed by atoms with Crippen LogP contribution in [0.5, 0.6) is 5.75 Å². The molecule has 0 aliphatic heterocycles. The van der Waals surface area contributed by atoms with Gasteiger partial charge >= 0.3 is 0 Å². The van der Waals surface area contributed by atoms with Gasteiger partial charge in [0.15, 0.2) is 0 Å². The molecule has 25 heavy (non-hydrogen) atoms. The molecule has 140 valence electrons. The molecule has 0 heterocycles. The molecule has 0 bridgehead atoms. The quantitative estimate of drug-likeness (QED) is 0.794. The van der Waals surface area contributed by atoms with Gasteiger partial charge < -0.3 is 19.7 Å². The van der Waals surface area contributed by atoms with E-state index in [4.69, 9.17) is 9.47 Å². The average Bonchev–Trinajstić information content (AvgIpc) is 3.24. The van der Waals surface area contributed by atoms with Gasteiger partial charge in [-0.05, 0) is 47.8 Å². The summed E-state index contributed by atoms with van der Waals surface area (Å²) in [5, 5.41) is 19.4. The van der Waals surface area contributed by atoms with E-state index in [0.717, 1.165) is 24.2 Å². The van der Waals surface area contributed by atoms with E-state index in [2.05, 4.69) is 20.8 Å². The first-order chi connectivity index (χ1) is 11.9. The smallest absolute Gasteiger partial charge is 0.118 e. The van der Waals surface area contributed by atoms with Gasteiger partial charge in [0.2, 0.25) is 0 Å². The Morgan fingerprint density at radius 2 is 1.76 bits per heavy atom. The second kappa shape index (κ2) is 6.90. The topological polar surface area (TPSA) is 58.9 Å². The Morgan fingerprint density at radius 3 is 2.32 bits per heavy atom. The number of hydrogen-bond donors (Lipinski definition) is 2.